The number of aromatic nitrogens is 1. The molecule has 0 aliphatic carbocycles. The maximum absolute atomic E-state index is 11.9. The molecule has 0 bridgehead atoms. The minimum absolute atomic E-state index is 0.239. The van der Waals surface area contributed by atoms with Crippen molar-refractivity contribution in [1.82, 2.24) is 14.8 Å². The van der Waals surface area contributed by atoms with Crippen LogP contribution in [0.4, 0.5) is 0 Å². The number of pyridine rings is 1. The van der Waals surface area contributed by atoms with Crippen molar-refractivity contribution >= 4 is 5.91 Å². The summed E-state index contributed by atoms with van der Waals surface area (Å²) in [6, 6.07) is 4.09. The van der Waals surface area contributed by atoms with Crippen molar-refractivity contribution in [1.29, 1.82) is 0 Å². The summed E-state index contributed by atoms with van der Waals surface area (Å²) in [5.74, 6) is 0.239. The average molecular weight is 287 g/mol. The smallest absolute Gasteiger partial charge is 0.222 e. The summed E-state index contributed by atoms with van der Waals surface area (Å²) in [4.78, 5) is 20.3. The molecule has 0 N–H and O–H groups in total. The van der Waals surface area contributed by atoms with Crippen LogP contribution in [0.5, 0.6) is 0 Å². The van der Waals surface area contributed by atoms with Gasteiger partial charge in [-0.05, 0) is 30.0 Å². The van der Waals surface area contributed by atoms with Crippen molar-refractivity contribution in [3.8, 4) is 0 Å². The van der Waals surface area contributed by atoms with Crippen molar-refractivity contribution < 1.29 is 4.79 Å². The number of likely N-dealkylation sites (N-methyl/N-ethyl adjacent to an activating group) is 1. The Labute approximate surface area is 127 Å². The predicted octanol–water partition coefficient (Wildman–Crippen LogP) is 2.47. The van der Waals surface area contributed by atoms with Gasteiger partial charge in [0.2, 0.25) is 5.91 Å². The van der Waals surface area contributed by atoms with E-state index >= 15 is 0 Å². The van der Waals surface area contributed by atoms with Gasteiger partial charge in [-0.15, -0.1) is 0 Å². The lowest BCUT2D eigenvalue weighted by molar-refractivity contribution is -0.129. The Bertz CT molecular complexity index is 484. The number of hydrogen-bond acceptors (Lipinski definition) is 3. The van der Waals surface area contributed by atoms with Gasteiger partial charge >= 0.3 is 0 Å². The van der Waals surface area contributed by atoms with E-state index in [1.54, 1.807) is 6.20 Å². The molecule has 0 saturated carbocycles. The number of carbonyl (C=O) groups excluding carboxylic acids is 1. The number of carbonyl (C=O) groups is 1. The fraction of sp³-hybridized carbons (Fsp3) is 0.529. The molecule has 4 nitrogen and oxygen atoms in total. The van der Waals surface area contributed by atoms with Crippen LogP contribution in [0.1, 0.15) is 31.7 Å². The van der Waals surface area contributed by atoms with E-state index in [0.717, 1.165) is 39.0 Å². The second-order valence-electron chi connectivity index (χ2n) is 5.72. The Balaban J connectivity index is 1.86. The number of rotatable bonds is 6. The zero-order valence-corrected chi connectivity index (χ0v) is 13.1. The quantitative estimate of drug-likeness (QED) is 0.754. The highest BCUT2D eigenvalue weighted by Crippen LogP contribution is 2.14. The highest BCUT2D eigenvalue weighted by molar-refractivity contribution is 5.76. The second-order valence-corrected chi connectivity index (χ2v) is 5.72. The molecule has 0 atom stereocenters. The van der Waals surface area contributed by atoms with Crippen molar-refractivity contribution in [2.24, 2.45) is 0 Å². The van der Waals surface area contributed by atoms with Gasteiger partial charge in [-0.25, -0.2) is 0 Å². The Morgan fingerprint density at radius 3 is 3.05 bits per heavy atom. The number of nitrogens with zero attached hydrogens (tertiary/aromatic N) is 3. The normalized spacial score (nSPS) is 15.6. The van der Waals surface area contributed by atoms with Gasteiger partial charge in [0.1, 0.15) is 0 Å². The molecule has 1 aromatic rings. The summed E-state index contributed by atoms with van der Waals surface area (Å²) >= 11 is 0. The van der Waals surface area contributed by atoms with Crippen LogP contribution in [-0.2, 0) is 11.3 Å². The lowest BCUT2D eigenvalue weighted by Crippen LogP contribution is -2.35. The predicted molar refractivity (Wildman–Crippen MR) is 84.8 cm³/mol. The standard InChI is InChI=1S/C17H25N3O/c1-3-6-17(21)19(2)12-16-8-5-10-20(14-16)13-15-7-4-9-18-11-15/h4,7-9,11H,3,5-6,10,12-14H2,1-2H3. The molecule has 1 aliphatic rings. The molecule has 114 valence electrons. The molecular weight excluding hydrogens is 262 g/mol. The van der Waals surface area contributed by atoms with E-state index in [4.69, 9.17) is 0 Å². The maximum atomic E-state index is 11.9. The van der Waals surface area contributed by atoms with Crippen LogP contribution >= 0.6 is 0 Å². The first-order chi connectivity index (χ1) is 10.2. The molecular formula is C17H25N3O. The minimum Gasteiger partial charge on any atom is -0.342 e. The van der Waals surface area contributed by atoms with Crippen LogP contribution in [0.25, 0.3) is 0 Å². The molecule has 1 aliphatic heterocycles. The van der Waals surface area contributed by atoms with Crippen molar-refractivity contribution in [3.63, 3.8) is 0 Å². The third-order valence-electron chi connectivity index (χ3n) is 3.76. The molecule has 0 unspecified atom stereocenters. The molecule has 2 rings (SSSR count). The zero-order chi connectivity index (χ0) is 15.1. The van der Waals surface area contributed by atoms with E-state index in [-0.39, 0.29) is 5.91 Å². The zero-order valence-electron chi connectivity index (χ0n) is 13.1. The fourth-order valence-electron chi connectivity index (χ4n) is 2.68. The van der Waals surface area contributed by atoms with Crippen LogP contribution in [0.2, 0.25) is 0 Å². The highest BCUT2D eigenvalue weighted by Gasteiger charge is 2.16. The number of hydrogen-bond donors (Lipinski definition) is 0. The van der Waals surface area contributed by atoms with E-state index in [9.17, 15) is 4.79 Å². The summed E-state index contributed by atoms with van der Waals surface area (Å²) in [5, 5.41) is 0. The van der Waals surface area contributed by atoms with E-state index in [1.165, 1.54) is 11.1 Å². The fourth-order valence-corrected chi connectivity index (χ4v) is 2.68. The van der Waals surface area contributed by atoms with Crippen molar-refractivity contribution in [2.75, 3.05) is 26.7 Å². The van der Waals surface area contributed by atoms with Crippen molar-refractivity contribution in [3.05, 3.63) is 41.7 Å². The largest absolute Gasteiger partial charge is 0.342 e. The molecule has 2 heterocycles. The monoisotopic (exact) mass is 287 g/mol. The van der Waals surface area contributed by atoms with Crippen LogP contribution in [0, 0.1) is 0 Å². The lowest BCUT2D eigenvalue weighted by atomic mass is 10.1. The van der Waals surface area contributed by atoms with E-state index in [1.807, 2.05) is 31.1 Å². The van der Waals surface area contributed by atoms with E-state index in [2.05, 4.69) is 22.0 Å². The Morgan fingerprint density at radius 2 is 2.33 bits per heavy atom. The first-order valence-electron chi connectivity index (χ1n) is 7.72. The summed E-state index contributed by atoms with van der Waals surface area (Å²) in [6.07, 6.45) is 8.63. The van der Waals surface area contributed by atoms with Gasteiger partial charge in [0.25, 0.3) is 0 Å². The first kappa shape index (κ1) is 15.7. The van der Waals surface area contributed by atoms with Crippen LogP contribution < -0.4 is 0 Å². The van der Waals surface area contributed by atoms with E-state index < -0.39 is 0 Å². The third-order valence-corrected chi connectivity index (χ3v) is 3.76. The van der Waals surface area contributed by atoms with Gasteiger partial charge in [-0.3, -0.25) is 14.7 Å². The van der Waals surface area contributed by atoms with Gasteiger partial charge in [-0.2, -0.15) is 0 Å². The SMILES string of the molecule is CCCC(=O)N(C)CC1=CCCN(Cc2cccnc2)C1. The molecule has 0 saturated heterocycles. The minimum atomic E-state index is 0.239. The number of amides is 1. The Kier molecular flexibility index (Phi) is 5.93. The van der Waals surface area contributed by atoms with Crippen LogP contribution in [0.15, 0.2) is 36.2 Å². The molecule has 4 heteroatoms. The second kappa shape index (κ2) is 7.93. The van der Waals surface area contributed by atoms with Crippen LogP contribution in [-0.4, -0.2) is 47.4 Å². The maximum Gasteiger partial charge on any atom is 0.222 e. The summed E-state index contributed by atoms with van der Waals surface area (Å²) < 4.78 is 0. The molecule has 0 spiro atoms. The molecule has 1 amide bonds. The van der Waals surface area contributed by atoms with E-state index in [0.29, 0.717) is 6.42 Å². The average Bonchev–Trinajstić information content (AvgIpc) is 2.49. The molecule has 21 heavy (non-hydrogen) atoms. The lowest BCUT2D eigenvalue weighted by Gasteiger charge is -2.29. The Morgan fingerprint density at radius 1 is 1.48 bits per heavy atom. The van der Waals surface area contributed by atoms with Gasteiger partial charge < -0.3 is 4.90 Å². The van der Waals surface area contributed by atoms with Crippen molar-refractivity contribution in [2.45, 2.75) is 32.7 Å². The van der Waals surface area contributed by atoms with Gasteiger partial charge in [0.05, 0.1) is 0 Å². The molecule has 0 radical (unpaired) electrons. The summed E-state index contributed by atoms with van der Waals surface area (Å²) in [7, 11) is 1.90. The van der Waals surface area contributed by atoms with Gasteiger partial charge in [-0.1, -0.05) is 19.1 Å². The van der Waals surface area contributed by atoms with Crippen LogP contribution in [0.3, 0.4) is 0 Å². The molecule has 1 aromatic heterocycles. The third kappa shape index (κ3) is 4.97. The summed E-state index contributed by atoms with van der Waals surface area (Å²) in [6.45, 7) is 5.74. The topological polar surface area (TPSA) is 36.4 Å². The molecule has 0 aromatic carbocycles. The first-order valence-corrected chi connectivity index (χ1v) is 7.72. The Hall–Kier alpha value is -1.68. The summed E-state index contributed by atoms with van der Waals surface area (Å²) in [5.41, 5.74) is 2.59. The highest BCUT2D eigenvalue weighted by atomic mass is 16.2. The molecule has 0 fully saturated rings. The van der Waals surface area contributed by atoms with Gasteiger partial charge in [0.15, 0.2) is 0 Å². The van der Waals surface area contributed by atoms with Gasteiger partial charge in [0, 0.05) is 52.0 Å².